The summed E-state index contributed by atoms with van der Waals surface area (Å²) in [6.45, 7) is 5.60. The summed E-state index contributed by atoms with van der Waals surface area (Å²) < 4.78 is 5.60. The average molecular weight is 272 g/mol. The molecule has 1 aliphatic rings. The van der Waals surface area contributed by atoms with E-state index in [4.69, 9.17) is 4.74 Å². The third kappa shape index (κ3) is 6.25. The van der Waals surface area contributed by atoms with Gasteiger partial charge in [-0.25, -0.2) is 4.79 Å². The van der Waals surface area contributed by atoms with E-state index in [1.54, 1.807) is 0 Å². The molecule has 1 unspecified atom stereocenters. The Morgan fingerprint density at radius 1 is 1.32 bits per heavy atom. The van der Waals surface area contributed by atoms with Gasteiger partial charge in [0.1, 0.15) is 0 Å². The second kappa shape index (κ2) is 8.38. The topological polar surface area (TPSA) is 70.6 Å². The number of carbonyl (C=O) groups excluding carboxylic acids is 1. The summed E-state index contributed by atoms with van der Waals surface area (Å²) in [6, 6.07) is -0.212. The second-order valence-corrected chi connectivity index (χ2v) is 5.32. The minimum absolute atomic E-state index is 0.212. The zero-order chi connectivity index (χ0) is 14.1. The molecule has 1 aliphatic heterocycles. The predicted molar refractivity (Wildman–Crippen MR) is 75.1 cm³/mol. The minimum atomic E-state index is -0.788. The van der Waals surface area contributed by atoms with Crippen LogP contribution >= 0.6 is 0 Å². The van der Waals surface area contributed by atoms with Gasteiger partial charge < -0.3 is 20.5 Å². The van der Waals surface area contributed by atoms with Crippen molar-refractivity contribution in [3.8, 4) is 0 Å². The lowest BCUT2D eigenvalue weighted by Crippen LogP contribution is -2.46. The van der Waals surface area contributed by atoms with Crippen molar-refractivity contribution in [2.24, 2.45) is 0 Å². The molecule has 0 aromatic rings. The molecule has 19 heavy (non-hydrogen) atoms. The van der Waals surface area contributed by atoms with Crippen LogP contribution in [0, 0.1) is 0 Å². The molecule has 3 N–H and O–H groups in total. The third-order valence-corrected chi connectivity index (χ3v) is 3.92. The normalized spacial score (nSPS) is 20.1. The molecule has 5 nitrogen and oxygen atoms in total. The highest BCUT2D eigenvalue weighted by molar-refractivity contribution is 5.73. The number of nitrogens with one attached hydrogen (secondary N) is 2. The fraction of sp³-hybridized carbons (Fsp3) is 0.929. The Morgan fingerprint density at radius 3 is 2.63 bits per heavy atom. The smallest absolute Gasteiger partial charge is 0.314 e. The molecular formula is C14H28N2O3. The summed E-state index contributed by atoms with van der Waals surface area (Å²) in [7, 11) is 0. The van der Waals surface area contributed by atoms with Gasteiger partial charge in [0.15, 0.2) is 0 Å². The lowest BCUT2D eigenvalue weighted by Gasteiger charge is -2.25. The van der Waals surface area contributed by atoms with Crippen LogP contribution in [0.2, 0.25) is 0 Å². The van der Waals surface area contributed by atoms with Gasteiger partial charge in [-0.05, 0) is 38.5 Å². The van der Waals surface area contributed by atoms with E-state index >= 15 is 0 Å². The minimum Gasteiger partial charge on any atom is -0.388 e. The van der Waals surface area contributed by atoms with Crippen molar-refractivity contribution in [1.82, 2.24) is 10.6 Å². The Hall–Kier alpha value is -0.810. The molecule has 5 heteroatoms. The first kappa shape index (κ1) is 16.2. The van der Waals surface area contributed by atoms with Crippen LogP contribution in [0.3, 0.4) is 0 Å². The van der Waals surface area contributed by atoms with Gasteiger partial charge in [-0.15, -0.1) is 0 Å². The van der Waals surface area contributed by atoms with Crippen LogP contribution in [-0.2, 0) is 4.74 Å². The fourth-order valence-corrected chi connectivity index (χ4v) is 2.19. The lowest BCUT2D eigenvalue weighted by molar-refractivity contribution is 0.0118. The molecule has 1 fully saturated rings. The summed E-state index contributed by atoms with van der Waals surface area (Å²) in [5, 5.41) is 15.6. The van der Waals surface area contributed by atoms with E-state index in [-0.39, 0.29) is 12.1 Å². The maximum Gasteiger partial charge on any atom is 0.314 e. The van der Waals surface area contributed by atoms with E-state index in [9.17, 15) is 9.90 Å². The molecule has 0 aromatic heterocycles. The van der Waals surface area contributed by atoms with Crippen LogP contribution in [0.25, 0.3) is 0 Å². The van der Waals surface area contributed by atoms with Crippen LogP contribution in [0.15, 0.2) is 0 Å². The molecule has 1 rings (SSSR count). The van der Waals surface area contributed by atoms with Crippen molar-refractivity contribution < 1.29 is 14.6 Å². The molecule has 1 atom stereocenters. The van der Waals surface area contributed by atoms with Crippen LogP contribution in [0.1, 0.15) is 52.4 Å². The van der Waals surface area contributed by atoms with Crippen LogP contribution < -0.4 is 10.6 Å². The summed E-state index contributed by atoms with van der Waals surface area (Å²) in [5.41, 5.74) is -0.788. The number of ether oxygens (including phenoxy) is 1. The summed E-state index contributed by atoms with van der Waals surface area (Å²) in [5.74, 6) is 0. The monoisotopic (exact) mass is 272 g/mol. The first-order valence-electron chi connectivity index (χ1n) is 7.45. The Morgan fingerprint density at radius 2 is 2.05 bits per heavy atom. The molecule has 0 aliphatic carbocycles. The quantitative estimate of drug-likeness (QED) is 0.662. The highest BCUT2D eigenvalue weighted by atomic mass is 16.5. The lowest BCUT2D eigenvalue weighted by atomic mass is 9.98. The molecule has 0 bridgehead atoms. The number of urea groups is 1. The van der Waals surface area contributed by atoms with E-state index < -0.39 is 5.60 Å². The number of rotatable bonds is 7. The largest absolute Gasteiger partial charge is 0.388 e. The van der Waals surface area contributed by atoms with E-state index in [1.165, 1.54) is 6.42 Å². The standard InChI is InChI=1S/C14H28N2O3/c1-3-14(18,4-2)11-16-13(17)15-9-8-12-7-5-6-10-19-12/h12,18H,3-11H2,1-2H3,(H2,15,16,17). The van der Waals surface area contributed by atoms with E-state index in [2.05, 4.69) is 10.6 Å². The molecule has 0 aromatic carbocycles. The van der Waals surface area contributed by atoms with E-state index in [1.807, 2.05) is 13.8 Å². The third-order valence-electron chi connectivity index (χ3n) is 3.92. The van der Waals surface area contributed by atoms with E-state index in [0.717, 1.165) is 25.9 Å². The van der Waals surface area contributed by atoms with Crippen molar-refractivity contribution in [3.63, 3.8) is 0 Å². The maximum absolute atomic E-state index is 11.6. The number of aliphatic hydroxyl groups is 1. The number of carbonyl (C=O) groups is 1. The molecular weight excluding hydrogens is 244 g/mol. The van der Waals surface area contributed by atoms with Gasteiger partial charge in [-0.1, -0.05) is 13.8 Å². The van der Waals surface area contributed by atoms with Gasteiger partial charge in [-0.3, -0.25) is 0 Å². The van der Waals surface area contributed by atoms with Crippen molar-refractivity contribution in [2.45, 2.75) is 64.1 Å². The Balaban J connectivity index is 2.10. The molecule has 0 spiro atoms. The van der Waals surface area contributed by atoms with Gasteiger partial charge in [-0.2, -0.15) is 0 Å². The van der Waals surface area contributed by atoms with Crippen LogP contribution in [0.4, 0.5) is 4.79 Å². The number of hydrogen-bond acceptors (Lipinski definition) is 3. The summed E-state index contributed by atoms with van der Waals surface area (Å²) in [6.07, 6.45) is 5.89. The van der Waals surface area contributed by atoms with Crippen molar-refractivity contribution >= 4 is 6.03 Å². The van der Waals surface area contributed by atoms with Crippen molar-refractivity contribution in [3.05, 3.63) is 0 Å². The first-order chi connectivity index (χ1) is 9.09. The Labute approximate surface area is 116 Å². The van der Waals surface area contributed by atoms with Gasteiger partial charge in [0.25, 0.3) is 0 Å². The molecule has 112 valence electrons. The SMILES string of the molecule is CCC(O)(CC)CNC(=O)NCCC1CCCCO1. The molecule has 2 amide bonds. The maximum atomic E-state index is 11.6. The Bertz CT molecular complexity index is 261. The fourth-order valence-electron chi connectivity index (χ4n) is 2.19. The zero-order valence-electron chi connectivity index (χ0n) is 12.2. The van der Waals surface area contributed by atoms with Gasteiger partial charge in [0, 0.05) is 19.7 Å². The number of amides is 2. The highest BCUT2D eigenvalue weighted by Gasteiger charge is 2.22. The van der Waals surface area contributed by atoms with Gasteiger partial charge in [0.05, 0.1) is 11.7 Å². The molecule has 1 heterocycles. The Kier molecular flexibility index (Phi) is 7.16. The average Bonchev–Trinajstić information content (AvgIpc) is 2.46. The summed E-state index contributed by atoms with van der Waals surface area (Å²) in [4.78, 5) is 11.6. The zero-order valence-corrected chi connectivity index (χ0v) is 12.2. The molecule has 1 saturated heterocycles. The van der Waals surface area contributed by atoms with Crippen molar-refractivity contribution in [1.29, 1.82) is 0 Å². The molecule has 0 radical (unpaired) electrons. The predicted octanol–water partition coefficient (Wildman–Crippen LogP) is 1.80. The first-order valence-corrected chi connectivity index (χ1v) is 7.45. The van der Waals surface area contributed by atoms with E-state index in [0.29, 0.717) is 25.9 Å². The number of hydrogen-bond donors (Lipinski definition) is 3. The summed E-state index contributed by atoms with van der Waals surface area (Å²) >= 11 is 0. The van der Waals surface area contributed by atoms with Gasteiger partial charge in [0.2, 0.25) is 0 Å². The molecule has 0 saturated carbocycles. The van der Waals surface area contributed by atoms with Gasteiger partial charge >= 0.3 is 6.03 Å². The van der Waals surface area contributed by atoms with Crippen LogP contribution in [-0.4, -0.2) is 42.5 Å². The second-order valence-electron chi connectivity index (χ2n) is 5.32. The van der Waals surface area contributed by atoms with Crippen molar-refractivity contribution in [2.75, 3.05) is 19.7 Å². The highest BCUT2D eigenvalue weighted by Crippen LogP contribution is 2.15. The van der Waals surface area contributed by atoms with Crippen LogP contribution in [0.5, 0.6) is 0 Å².